The minimum atomic E-state index is -4.91. The zero-order valence-electron chi connectivity index (χ0n) is 28.4. The van der Waals surface area contributed by atoms with Crippen molar-refractivity contribution in [3.63, 3.8) is 0 Å². The molecule has 2 N–H and O–H groups in total. The van der Waals surface area contributed by atoms with Crippen LogP contribution in [0.2, 0.25) is 0 Å². The van der Waals surface area contributed by atoms with Crippen LogP contribution in [0.3, 0.4) is 0 Å². The van der Waals surface area contributed by atoms with Crippen LogP contribution in [-0.4, -0.2) is 60.4 Å². The van der Waals surface area contributed by atoms with Crippen LogP contribution in [0.5, 0.6) is 5.75 Å². The van der Waals surface area contributed by atoms with Crippen molar-refractivity contribution in [1.82, 2.24) is 24.3 Å². The van der Waals surface area contributed by atoms with E-state index in [0.29, 0.717) is 18.2 Å². The molecular weight excluding hydrogens is 743 g/mol. The largest absolute Gasteiger partial charge is 0.490 e. The van der Waals surface area contributed by atoms with Crippen molar-refractivity contribution in [2.24, 2.45) is 0 Å². The number of aromatic nitrogens is 3. The molecule has 0 spiro atoms. The summed E-state index contributed by atoms with van der Waals surface area (Å²) >= 11 is 3.47. The molecule has 0 aliphatic carbocycles. The zero-order valence-corrected chi connectivity index (χ0v) is 30.0. The van der Waals surface area contributed by atoms with E-state index in [1.54, 1.807) is 35.4 Å². The second kappa shape index (κ2) is 14.4. The maximum absolute atomic E-state index is 14.3. The molecule has 0 saturated heterocycles. The van der Waals surface area contributed by atoms with Crippen molar-refractivity contribution in [3.8, 4) is 22.7 Å². The highest BCUT2D eigenvalue weighted by molar-refractivity contribution is 9.10. The Morgan fingerprint density at radius 3 is 2.42 bits per heavy atom. The summed E-state index contributed by atoms with van der Waals surface area (Å²) in [7, 11) is 0. The summed E-state index contributed by atoms with van der Waals surface area (Å²) in [4.78, 5) is 48.3. The first-order valence-electron chi connectivity index (χ1n) is 16.4. The average molecular weight is 779 g/mol. The number of alkyl halides is 3. The molecule has 0 bridgehead atoms. The van der Waals surface area contributed by atoms with E-state index in [9.17, 15) is 32.7 Å². The number of aryl methyl sites for hydroxylation is 1. The van der Waals surface area contributed by atoms with Crippen LogP contribution in [0.4, 0.5) is 13.2 Å². The zero-order chi connectivity index (χ0) is 37.4. The Morgan fingerprint density at radius 2 is 1.75 bits per heavy atom. The summed E-state index contributed by atoms with van der Waals surface area (Å²) < 4.78 is 48.3. The number of ether oxygens (including phenoxy) is 1. The molecule has 6 rings (SSSR count). The highest BCUT2D eigenvalue weighted by Crippen LogP contribution is 2.31. The molecule has 1 aliphatic heterocycles. The molecule has 10 nitrogen and oxygen atoms in total. The monoisotopic (exact) mass is 777 g/mol. The first-order chi connectivity index (χ1) is 24.7. The molecule has 0 fully saturated rings. The molecule has 5 aromatic rings. The molecule has 2 aromatic heterocycles. The Bertz CT molecular complexity index is 2180. The molecule has 2 atom stereocenters. The van der Waals surface area contributed by atoms with Gasteiger partial charge in [0.15, 0.2) is 5.60 Å². The van der Waals surface area contributed by atoms with Gasteiger partial charge in [0.25, 0.3) is 11.8 Å². The van der Waals surface area contributed by atoms with E-state index in [-0.39, 0.29) is 42.7 Å². The van der Waals surface area contributed by atoms with E-state index in [1.165, 1.54) is 33.4 Å². The lowest BCUT2D eigenvalue weighted by atomic mass is 10.0. The molecule has 52 heavy (non-hydrogen) atoms. The van der Waals surface area contributed by atoms with Crippen molar-refractivity contribution in [3.05, 3.63) is 134 Å². The maximum atomic E-state index is 14.3. The van der Waals surface area contributed by atoms with Crippen LogP contribution in [0.15, 0.2) is 100 Å². The lowest BCUT2D eigenvalue weighted by molar-refractivity contribution is -0.260. The van der Waals surface area contributed by atoms with Crippen molar-refractivity contribution in [2.75, 3.05) is 6.61 Å². The van der Waals surface area contributed by atoms with Crippen LogP contribution in [0.1, 0.15) is 51.5 Å². The Balaban J connectivity index is 1.37. The quantitative estimate of drug-likeness (QED) is 0.178. The van der Waals surface area contributed by atoms with Gasteiger partial charge >= 0.3 is 11.9 Å². The topological polar surface area (TPSA) is 119 Å². The number of halogens is 4. The SMILES string of the molecule is Cc1cc(C(=O)N2Cc3c(C(=O)NCc4ccccc4-c4ccccn4)n(-c4ccc(OC[C@@](C)(O)C(F)(F)F)cc4)c(=O)n3C[C@@H]2C)ccc1Br. The minimum Gasteiger partial charge on any atom is -0.490 e. The summed E-state index contributed by atoms with van der Waals surface area (Å²) in [6.07, 6.45) is -3.23. The number of fused-ring (bicyclic) bond motifs is 1. The number of nitrogens with zero attached hydrogens (tertiary/aromatic N) is 4. The third kappa shape index (κ3) is 7.26. The number of rotatable bonds is 9. The van der Waals surface area contributed by atoms with Gasteiger partial charge in [0.05, 0.1) is 23.6 Å². The Hall–Kier alpha value is -5.21. The molecule has 0 saturated carbocycles. The minimum absolute atomic E-state index is 0.00526. The summed E-state index contributed by atoms with van der Waals surface area (Å²) in [6, 6.07) is 23.5. The molecule has 2 amide bonds. The average Bonchev–Trinajstić information content (AvgIpc) is 3.41. The lowest BCUT2D eigenvalue weighted by Gasteiger charge is -2.34. The fourth-order valence-electron chi connectivity index (χ4n) is 6.01. The number of hydrogen-bond donors (Lipinski definition) is 2. The van der Waals surface area contributed by atoms with E-state index in [4.69, 9.17) is 4.74 Å². The first-order valence-corrected chi connectivity index (χ1v) is 17.2. The standard InChI is InChI=1S/C38H35BrF3N5O5/c1-23-18-25(11-16-30(23)39)35(49)45-21-32-33(34(48)44-19-26-8-4-5-9-29(26)31-10-6-7-17-43-31)47(36(50)46(32)20-24(45)2)27-12-14-28(15-13-27)52-22-37(3,51)38(40,41)42/h4-18,24,51H,19-22H2,1-3H3,(H,44,48)/t24-,37+/m0/s1. The highest BCUT2D eigenvalue weighted by atomic mass is 79.9. The van der Waals surface area contributed by atoms with Gasteiger partial charge in [-0.15, -0.1) is 0 Å². The third-order valence-electron chi connectivity index (χ3n) is 9.05. The van der Waals surface area contributed by atoms with Gasteiger partial charge in [0, 0.05) is 40.9 Å². The van der Waals surface area contributed by atoms with Gasteiger partial charge in [0.1, 0.15) is 18.1 Å². The maximum Gasteiger partial charge on any atom is 0.420 e. The number of hydrogen-bond acceptors (Lipinski definition) is 6. The second-order valence-electron chi connectivity index (χ2n) is 12.9. The number of amides is 2. The Labute approximate surface area is 305 Å². The molecular formula is C38H35BrF3N5O5. The summed E-state index contributed by atoms with van der Waals surface area (Å²) in [5.41, 5.74) is 0.609. The van der Waals surface area contributed by atoms with Gasteiger partial charge in [-0.05, 0) is 86.5 Å². The van der Waals surface area contributed by atoms with Crippen LogP contribution in [0, 0.1) is 6.92 Å². The van der Waals surface area contributed by atoms with Crippen molar-refractivity contribution in [2.45, 2.75) is 58.2 Å². The van der Waals surface area contributed by atoms with Crippen molar-refractivity contribution >= 4 is 27.7 Å². The smallest absolute Gasteiger partial charge is 0.420 e. The Kier molecular flexibility index (Phi) is 10.1. The predicted octanol–water partition coefficient (Wildman–Crippen LogP) is 6.44. The van der Waals surface area contributed by atoms with E-state index in [2.05, 4.69) is 26.2 Å². The molecule has 0 radical (unpaired) electrons. The Morgan fingerprint density at radius 1 is 1.04 bits per heavy atom. The van der Waals surface area contributed by atoms with Gasteiger partial charge in [-0.1, -0.05) is 46.3 Å². The summed E-state index contributed by atoms with van der Waals surface area (Å²) in [5, 5.41) is 12.7. The normalized spacial score (nSPS) is 15.5. The number of aliphatic hydroxyl groups is 1. The van der Waals surface area contributed by atoms with E-state index < -0.39 is 36.0 Å². The van der Waals surface area contributed by atoms with Crippen LogP contribution in [-0.2, 0) is 19.6 Å². The van der Waals surface area contributed by atoms with E-state index >= 15 is 0 Å². The third-order valence-corrected chi connectivity index (χ3v) is 9.94. The second-order valence-corrected chi connectivity index (χ2v) is 13.7. The van der Waals surface area contributed by atoms with Gasteiger partial charge < -0.3 is 20.1 Å². The van der Waals surface area contributed by atoms with Crippen LogP contribution < -0.4 is 15.7 Å². The molecule has 0 unspecified atom stereocenters. The van der Waals surface area contributed by atoms with E-state index in [0.717, 1.165) is 26.9 Å². The number of benzene rings is 3. The number of imidazole rings is 1. The molecule has 3 aromatic carbocycles. The van der Waals surface area contributed by atoms with Gasteiger partial charge in [-0.25, -0.2) is 4.79 Å². The number of carbonyl (C=O) groups is 2. The van der Waals surface area contributed by atoms with Gasteiger partial charge in [-0.2, -0.15) is 13.2 Å². The molecule has 3 heterocycles. The van der Waals surface area contributed by atoms with Crippen LogP contribution in [0.25, 0.3) is 16.9 Å². The van der Waals surface area contributed by atoms with E-state index in [1.807, 2.05) is 50.2 Å². The molecule has 1 aliphatic rings. The number of nitrogens with one attached hydrogen (secondary N) is 1. The predicted molar refractivity (Wildman–Crippen MR) is 191 cm³/mol. The fraction of sp³-hybridized carbons (Fsp3) is 0.263. The molecule has 14 heteroatoms. The van der Waals surface area contributed by atoms with Crippen molar-refractivity contribution < 1.29 is 32.6 Å². The number of carbonyl (C=O) groups excluding carboxylic acids is 2. The van der Waals surface area contributed by atoms with Gasteiger partial charge in [-0.3, -0.25) is 23.7 Å². The summed E-state index contributed by atoms with van der Waals surface area (Å²) in [5.74, 6) is -0.830. The van der Waals surface area contributed by atoms with Gasteiger partial charge in [0.2, 0.25) is 0 Å². The highest BCUT2D eigenvalue weighted by Gasteiger charge is 2.50. The molecule has 270 valence electrons. The van der Waals surface area contributed by atoms with Crippen molar-refractivity contribution in [1.29, 1.82) is 0 Å². The lowest BCUT2D eigenvalue weighted by Crippen LogP contribution is -2.47. The fourth-order valence-corrected chi connectivity index (χ4v) is 6.25. The first kappa shape index (κ1) is 36.6. The number of pyridine rings is 1. The van der Waals surface area contributed by atoms with Crippen LogP contribution >= 0.6 is 15.9 Å². The summed E-state index contributed by atoms with van der Waals surface area (Å²) in [6.45, 7) is 3.42.